The molecule has 1 saturated heterocycles. The van der Waals surface area contributed by atoms with Crippen LogP contribution in [-0.2, 0) is 0 Å². The first-order chi connectivity index (χ1) is 9.44. The highest BCUT2D eigenvalue weighted by molar-refractivity contribution is 6.30. The Labute approximate surface area is 125 Å². The number of nitrogens with one attached hydrogen (secondary N) is 1. The summed E-state index contributed by atoms with van der Waals surface area (Å²) < 4.78 is 0. The quantitative estimate of drug-likeness (QED) is 0.795. The van der Waals surface area contributed by atoms with Crippen molar-refractivity contribution in [1.29, 1.82) is 0 Å². The van der Waals surface area contributed by atoms with Gasteiger partial charge in [-0.15, -0.1) is 0 Å². The van der Waals surface area contributed by atoms with Crippen molar-refractivity contribution in [1.82, 2.24) is 5.32 Å². The average molecular weight is 290 g/mol. The van der Waals surface area contributed by atoms with Gasteiger partial charge in [-0.05, 0) is 62.5 Å². The first-order valence-electron chi connectivity index (χ1n) is 7.09. The first-order valence-corrected chi connectivity index (χ1v) is 7.47. The molecule has 3 rings (SSSR count). The van der Waals surface area contributed by atoms with E-state index in [1.807, 2.05) is 24.3 Å². The second kappa shape index (κ2) is 4.85. The molecule has 2 aliphatic rings. The van der Waals surface area contributed by atoms with Gasteiger partial charge in [0.05, 0.1) is 0 Å². The van der Waals surface area contributed by atoms with Crippen LogP contribution in [0.15, 0.2) is 47.9 Å². The van der Waals surface area contributed by atoms with Crippen LogP contribution in [0.2, 0.25) is 5.02 Å². The number of rotatable bonds is 1. The largest absolute Gasteiger partial charge is 0.508 e. The van der Waals surface area contributed by atoms with Gasteiger partial charge in [0.25, 0.3) is 0 Å². The normalized spacial score (nSPS) is 27.9. The van der Waals surface area contributed by atoms with E-state index in [9.17, 15) is 5.11 Å². The van der Waals surface area contributed by atoms with Crippen LogP contribution >= 0.6 is 11.6 Å². The SMILES string of the molecule is CC1(C)CC(c2ccc(Cl)cc2)C2CC=C(O)C=C2N1. The number of aliphatic hydroxyl groups excluding tert-OH is 1. The van der Waals surface area contributed by atoms with Crippen molar-refractivity contribution in [3.8, 4) is 0 Å². The summed E-state index contributed by atoms with van der Waals surface area (Å²) in [5.41, 5.74) is 2.51. The predicted molar refractivity (Wildman–Crippen MR) is 82.9 cm³/mol. The maximum atomic E-state index is 9.74. The molecule has 1 aromatic carbocycles. The molecule has 0 radical (unpaired) electrons. The molecular formula is C17H20ClNO. The summed E-state index contributed by atoms with van der Waals surface area (Å²) in [6, 6.07) is 8.19. The molecule has 106 valence electrons. The van der Waals surface area contributed by atoms with E-state index in [4.69, 9.17) is 11.6 Å². The molecule has 0 saturated carbocycles. The number of benzene rings is 1. The molecule has 0 bridgehead atoms. The summed E-state index contributed by atoms with van der Waals surface area (Å²) >= 11 is 6.00. The summed E-state index contributed by atoms with van der Waals surface area (Å²) in [5, 5.41) is 14.1. The van der Waals surface area contributed by atoms with Crippen molar-refractivity contribution in [3.63, 3.8) is 0 Å². The Morgan fingerprint density at radius 1 is 1.20 bits per heavy atom. The third-order valence-electron chi connectivity index (χ3n) is 4.28. The van der Waals surface area contributed by atoms with Gasteiger partial charge < -0.3 is 10.4 Å². The minimum Gasteiger partial charge on any atom is -0.508 e. The summed E-state index contributed by atoms with van der Waals surface area (Å²) in [7, 11) is 0. The molecule has 0 spiro atoms. The fourth-order valence-electron chi connectivity index (χ4n) is 3.40. The smallest absolute Gasteiger partial charge is 0.113 e. The maximum absolute atomic E-state index is 9.74. The number of halogens is 1. The molecule has 1 aliphatic carbocycles. The topological polar surface area (TPSA) is 32.3 Å². The van der Waals surface area contributed by atoms with E-state index < -0.39 is 0 Å². The minimum absolute atomic E-state index is 0.0320. The van der Waals surface area contributed by atoms with E-state index in [0.717, 1.165) is 23.6 Å². The number of hydrogen-bond acceptors (Lipinski definition) is 2. The van der Waals surface area contributed by atoms with E-state index in [0.29, 0.717) is 17.6 Å². The van der Waals surface area contributed by atoms with Crippen molar-refractivity contribution >= 4 is 11.6 Å². The molecule has 1 aliphatic heterocycles. The number of aliphatic hydroxyl groups is 1. The lowest BCUT2D eigenvalue weighted by atomic mass is 9.70. The molecule has 3 heteroatoms. The van der Waals surface area contributed by atoms with Gasteiger partial charge in [-0.3, -0.25) is 0 Å². The van der Waals surface area contributed by atoms with Gasteiger partial charge in [-0.25, -0.2) is 0 Å². The fraction of sp³-hybridized carbons (Fsp3) is 0.412. The molecule has 0 amide bonds. The second-order valence-corrected chi connectivity index (χ2v) is 6.88. The maximum Gasteiger partial charge on any atom is 0.113 e. The van der Waals surface area contributed by atoms with Crippen LogP contribution in [-0.4, -0.2) is 10.6 Å². The lowest BCUT2D eigenvalue weighted by Crippen LogP contribution is -2.48. The van der Waals surface area contributed by atoms with Gasteiger partial charge in [0.1, 0.15) is 5.76 Å². The third-order valence-corrected chi connectivity index (χ3v) is 4.53. The Balaban J connectivity index is 1.97. The van der Waals surface area contributed by atoms with Gasteiger partial charge in [-0.2, -0.15) is 0 Å². The molecule has 20 heavy (non-hydrogen) atoms. The van der Waals surface area contributed by atoms with Crippen molar-refractivity contribution in [2.75, 3.05) is 0 Å². The molecular weight excluding hydrogens is 270 g/mol. The molecule has 1 fully saturated rings. The van der Waals surface area contributed by atoms with Crippen LogP contribution in [0.25, 0.3) is 0 Å². The van der Waals surface area contributed by atoms with Gasteiger partial charge >= 0.3 is 0 Å². The molecule has 2 N–H and O–H groups in total. The molecule has 1 heterocycles. The zero-order valence-corrected chi connectivity index (χ0v) is 12.6. The Hall–Kier alpha value is -1.41. The van der Waals surface area contributed by atoms with Crippen molar-refractivity contribution < 1.29 is 5.11 Å². The fourth-order valence-corrected chi connectivity index (χ4v) is 3.53. The minimum atomic E-state index is 0.0320. The van der Waals surface area contributed by atoms with Gasteiger partial charge in [0, 0.05) is 22.2 Å². The molecule has 2 atom stereocenters. The highest BCUT2D eigenvalue weighted by atomic mass is 35.5. The Bertz CT molecular complexity index is 571. The van der Waals surface area contributed by atoms with E-state index in [2.05, 4.69) is 31.3 Å². The number of hydrogen-bond donors (Lipinski definition) is 2. The standard InChI is InChI=1S/C17H20ClNO/c1-17(2)10-15(11-3-5-12(18)6-4-11)14-8-7-13(20)9-16(14)19-17/h3-7,9,14-15,19-20H,8,10H2,1-2H3. The zero-order valence-electron chi connectivity index (χ0n) is 11.9. The third kappa shape index (κ3) is 2.57. The summed E-state index contributed by atoms with van der Waals surface area (Å²) in [5.74, 6) is 1.25. The monoisotopic (exact) mass is 289 g/mol. The van der Waals surface area contributed by atoms with E-state index in [1.54, 1.807) is 0 Å². The van der Waals surface area contributed by atoms with Crippen LogP contribution in [0, 0.1) is 5.92 Å². The highest BCUT2D eigenvalue weighted by Gasteiger charge is 2.38. The summed E-state index contributed by atoms with van der Waals surface area (Å²) in [6.45, 7) is 4.42. The van der Waals surface area contributed by atoms with E-state index >= 15 is 0 Å². The zero-order chi connectivity index (χ0) is 14.3. The van der Waals surface area contributed by atoms with Crippen LogP contribution < -0.4 is 5.32 Å². The second-order valence-electron chi connectivity index (χ2n) is 6.44. The van der Waals surface area contributed by atoms with Crippen molar-refractivity contribution in [2.24, 2.45) is 5.92 Å². The van der Waals surface area contributed by atoms with Crippen LogP contribution in [0.4, 0.5) is 0 Å². The number of allylic oxidation sites excluding steroid dienone is 3. The Morgan fingerprint density at radius 3 is 2.60 bits per heavy atom. The first kappa shape index (κ1) is 13.6. The lowest BCUT2D eigenvalue weighted by Gasteiger charge is -2.45. The van der Waals surface area contributed by atoms with Gasteiger partial charge in [0.15, 0.2) is 0 Å². The predicted octanol–water partition coefficient (Wildman–Crippen LogP) is 4.54. The van der Waals surface area contributed by atoms with Crippen LogP contribution in [0.5, 0.6) is 0 Å². The Kier molecular flexibility index (Phi) is 3.29. The molecule has 1 aromatic rings. The summed E-state index contributed by atoms with van der Waals surface area (Å²) in [4.78, 5) is 0. The number of fused-ring (bicyclic) bond motifs is 1. The van der Waals surface area contributed by atoms with Crippen LogP contribution in [0.1, 0.15) is 38.2 Å². The Morgan fingerprint density at radius 2 is 1.90 bits per heavy atom. The van der Waals surface area contributed by atoms with Crippen molar-refractivity contribution in [2.45, 2.75) is 38.1 Å². The van der Waals surface area contributed by atoms with Crippen LogP contribution in [0.3, 0.4) is 0 Å². The van der Waals surface area contributed by atoms with E-state index in [1.165, 1.54) is 5.56 Å². The average Bonchev–Trinajstić information content (AvgIpc) is 2.37. The lowest BCUT2D eigenvalue weighted by molar-refractivity contribution is 0.246. The number of piperidine rings is 1. The molecule has 2 unspecified atom stereocenters. The highest BCUT2D eigenvalue weighted by Crippen LogP contribution is 2.44. The van der Waals surface area contributed by atoms with Gasteiger partial charge in [-0.1, -0.05) is 23.7 Å². The van der Waals surface area contributed by atoms with Gasteiger partial charge in [0.2, 0.25) is 0 Å². The summed E-state index contributed by atoms with van der Waals surface area (Å²) in [6.07, 6.45) is 5.74. The van der Waals surface area contributed by atoms with E-state index in [-0.39, 0.29) is 5.54 Å². The van der Waals surface area contributed by atoms with Crippen molar-refractivity contribution in [3.05, 3.63) is 58.5 Å². The molecule has 2 nitrogen and oxygen atoms in total. The molecule has 0 aromatic heterocycles.